The zero-order valence-electron chi connectivity index (χ0n) is 19.2. The number of methoxy groups -OCH3 is 1. The number of amides is 2. The fourth-order valence-electron chi connectivity index (χ4n) is 3.40. The van der Waals surface area contributed by atoms with Crippen molar-refractivity contribution in [1.29, 1.82) is 0 Å². The Labute approximate surface area is 194 Å². The Kier molecular flexibility index (Phi) is 9.22. The third-order valence-corrected chi connectivity index (χ3v) is 6.16. The summed E-state index contributed by atoms with van der Waals surface area (Å²) in [5.74, 6) is -0.829. The van der Waals surface area contributed by atoms with E-state index in [-0.39, 0.29) is 18.1 Å². The zero-order chi connectivity index (χ0) is 24.6. The summed E-state index contributed by atoms with van der Waals surface area (Å²) >= 11 is 0. The van der Waals surface area contributed by atoms with Crippen LogP contribution in [0.5, 0.6) is 5.75 Å². The predicted octanol–water partition coefficient (Wildman–Crippen LogP) is 2.54. The average molecular weight is 480 g/mol. The van der Waals surface area contributed by atoms with Crippen molar-refractivity contribution in [2.75, 3.05) is 30.8 Å². The van der Waals surface area contributed by atoms with Crippen LogP contribution in [0.1, 0.15) is 25.8 Å². The van der Waals surface area contributed by atoms with Crippen molar-refractivity contribution in [2.45, 2.75) is 32.9 Å². The monoisotopic (exact) mass is 479 g/mol. The van der Waals surface area contributed by atoms with E-state index in [1.54, 1.807) is 38.1 Å². The molecule has 2 rings (SSSR count). The number of rotatable bonds is 11. The average Bonchev–Trinajstić information content (AvgIpc) is 2.77. The molecule has 0 fully saturated rings. The van der Waals surface area contributed by atoms with Gasteiger partial charge in [0.05, 0.1) is 19.1 Å². The van der Waals surface area contributed by atoms with E-state index in [1.807, 2.05) is 0 Å². The lowest BCUT2D eigenvalue weighted by Gasteiger charge is -2.32. The summed E-state index contributed by atoms with van der Waals surface area (Å²) in [5, 5.41) is 2.73. The normalized spacial score (nSPS) is 12.0. The highest BCUT2D eigenvalue weighted by Gasteiger charge is 2.31. The predicted molar refractivity (Wildman–Crippen MR) is 125 cm³/mol. The van der Waals surface area contributed by atoms with E-state index >= 15 is 0 Å². The van der Waals surface area contributed by atoms with E-state index in [2.05, 4.69) is 5.32 Å². The van der Waals surface area contributed by atoms with Crippen LogP contribution in [0.4, 0.5) is 10.1 Å². The van der Waals surface area contributed by atoms with Gasteiger partial charge in [0, 0.05) is 13.1 Å². The van der Waals surface area contributed by atoms with Gasteiger partial charge in [0.25, 0.3) is 0 Å². The molecule has 2 aromatic carbocycles. The summed E-state index contributed by atoms with van der Waals surface area (Å²) in [6.07, 6.45) is 1.30. The van der Waals surface area contributed by atoms with Crippen LogP contribution in [0.3, 0.4) is 0 Å². The molecule has 1 atom stereocenters. The zero-order valence-corrected chi connectivity index (χ0v) is 20.1. The Bertz CT molecular complexity index is 1060. The van der Waals surface area contributed by atoms with Gasteiger partial charge >= 0.3 is 0 Å². The second-order valence-corrected chi connectivity index (χ2v) is 9.34. The highest BCUT2D eigenvalue weighted by Crippen LogP contribution is 2.21. The van der Waals surface area contributed by atoms with Crippen molar-refractivity contribution in [3.63, 3.8) is 0 Å². The molecule has 2 aromatic rings. The molecule has 8 nitrogen and oxygen atoms in total. The minimum atomic E-state index is -3.86. The van der Waals surface area contributed by atoms with Gasteiger partial charge in [0.1, 0.15) is 24.2 Å². The molecule has 0 radical (unpaired) electrons. The van der Waals surface area contributed by atoms with Crippen molar-refractivity contribution in [3.05, 3.63) is 59.9 Å². The summed E-state index contributed by atoms with van der Waals surface area (Å²) in [4.78, 5) is 27.5. The van der Waals surface area contributed by atoms with Gasteiger partial charge in [-0.05, 0) is 55.3 Å². The molecule has 2 amide bonds. The Morgan fingerprint density at radius 1 is 1.12 bits per heavy atom. The molecule has 1 N–H and O–H groups in total. The second-order valence-electron chi connectivity index (χ2n) is 7.44. The number of ether oxygens (including phenoxy) is 1. The van der Waals surface area contributed by atoms with Crippen molar-refractivity contribution < 1.29 is 27.1 Å². The first-order valence-corrected chi connectivity index (χ1v) is 12.4. The van der Waals surface area contributed by atoms with Crippen LogP contribution in [-0.4, -0.2) is 57.6 Å². The summed E-state index contributed by atoms with van der Waals surface area (Å²) in [5.41, 5.74) is 0.873. The smallest absolute Gasteiger partial charge is 0.244 e. The molecule has 0 unspecified atom stereocenters. The Morgan fingerprint density at radius 2 is 1.79 bits per heavy atom. The first-order valence-electron chi connectivity index (χ1n) is 10.5. The number of nitrogens with one attached hydrogen (secondary N) is 1. The Hall–Kier alpha value is -3.14. The van der Waals surface area contributed by atoms with Gasteiger partial charge in [-0.25, -0.2) is 12.8 Å². The molecule has 0 spiro atoms. The van der Waals surface area contributed by atoms with Crippen molar-refractivity contribution in [3.8, 4) is 5.75 Å². The highest BCUT2D eigenvalue weighted by atomic mass is 32.2. The van der Waals surface area contributed by atoms with Crippen LogP contribution in [0.2, 0.25) is 0 Å². The maximum atomic E-state index is 13.4. The topological polar surface area (TPSA) is 96.0 Å². The number of sulfonamides is 1. The fraction of sp³-hybridized carbons (Fsp3) is 0.391. The van der Waals surface area contributed by atoms with E-state index < -0.39 is 34.3 Å². The molecule has 180 valence electrons. The van der Waals surface area contributed by atoms with Gasteiger partial charge in [-0.1, -0.05) is 19.1 Å². The minimum absolute atomic E-state index is 0.0761. The summed E-state index contributed by atoms with van der Waals surface area (Å²) in [6.45, 7) is 3.48. The SMILES string of the molecule is CCNC(=O)[C@H](CC)N(Cc1cccc(OC)c1)C(=O)CN(c1ccc(F)cc1)S(C)(=O)=O. The van der Waals surface area contributed by atoms with Crippen molar-refractivity contribution in [1.82, 2.24) is 10.2 Å². The number of benzene rings is 2. The molecule has 0 aromatic heterocycles. The van der Waals surface area contributed by atoms with E-state index in [0.717, 1.165) is 28.3 Å². The summed E-state index contributed by atoms with van der Waals surface area (Å²) in [7, 11) is -2.34. The maximum Gasteiger partial charge on any atom is 0.244 e. The molecule has 0 saturated carbocycles. The third kappa shape index (κ3) is 7.18. The molecule has 0 aliphatic carbocycles. The first-order chi connectivity index (χ1) is 15.6. The van der Waals surface area contributed by atoms with Crippen LogP contribution in [0, 0.1) is 5.82 Å². The van der Waals surface area contributed by atoms with Gasteiger partial charge in [-0.2, -0.15) is 0 Å². The highest BCUT2D eigenvalue weighted by molar-refractivity contribution is 7.92. The van der Waals surface area contributed by atoms with Gasteiger partial charge in [-0.3, -0.25) is 13.9 Å². The van der Waals surface area contributed by atoms with Gasteiger partial charge in [0.15, 0.2) is 0 Å². The molecule has 0 bridgehead atoms. The number of halogens is 1. The van der Waals surface area contributed by atoms with E-state index in [9.17, 15) is 22.4 Å². The molecule has 0 aliphatic rings. The molecule has 0 heterocycles. The number of hydrogen-bond acceptors (Lipinski definition) is 5. The molecule has 33 heavy (non-hydrogen) atoms. The second kappa shape index (κ2) is 11.6. The number of anilines is 1. The van der Waals surface area contributed by atoms with E-state index in [4.69, 9.17) is 4.74 Å². The van der Waals surface area contributed by atoms with Crippen LogP contribution in [-0.2, 0) is 26.2 Å². The quantitative estimate of drug-likeness (QED) is 0.534. The Morgan fingerprint density at radius 3 is 2.33 bits per heavy atom. The Balaban J connectivity index is 2.43. The van der Waals surface area contributed by atoms with Gasteiger partial charge in [-0.15, -0.1) is 0 Å². The van der Waals surface area contributed by atoms with Crippen LogP contribution in [0.25, 0.3) is 0 Å². The van der Waals surface area contributed by atoms with Crippen LogP contribution >= 0.6 is 0 Å². The number of hydrogen-bond donors (Lipinski definition) is 1. The first kappa shape index (κ1) is 26.1. The number of likely N-dealkylation sites (N-methyl/N-ethyl adjacent to an activating group) is 1. The van der Waals surface area contributed by atoms with Gasteiger partial charge in [0.2, 0.25) is 21.8 Å². The van der Waals surface area contributed by atoms with Crippen molar-refractivity contribution in [2.24, 2.45) is 0 Å². The van der Waals surface area contributed by atoms with Crippen LogP contribution in [0.15, 0.2) is 48.5 Å². The maximum absolute atomic E-state index is 13.4. The molecule has 0 aliphatic heterocycles. The lowest BCUT2D eigenvalue weighted by atomic mass is 10.1. The molecule has 10 heteroatoms. The molecular weight excluding hydrogens is 449 g/mol. The fourth-order valence-corrected chi connectivity index (χ4v) is 4.25. The van der Waals surface area contributed by atoms with Crippen LogP contribution < -0.4 is 14.4 Å². The number of nitrogens with zero attached hydrogens (tertiary/aromatic N) is 2. The van der Waals surface area contributed by atoms with E-state index in [1.165, 1.54) is 24.1 Å². The van der Waals surface area contributed by atoms with E-state index in [0.29, 0.717) is 18.7 Å². The number of carbonyl (C=O) groups is 2. The number of carbonyl (C=O) groups excluding carboxylic acids is 2. The summed E-state index contributed by atoms with van der Waals surface area (Å²) < 4.78 is 44.4. The lowest BCUT2D eigenvalue weighted by Crippen LogP contribution is -2.52. The third-order valence-electron chi connectivity index (χ3n) is 5.02. The minimum Gasteiger partial charge on any atom is -0.497 e. The molecule has 0 saturated heterocycles. The van der Waals surface area contributed by atoms with Gasteiger partial charge < -0.3 is 15.0 Å². The largest absolute Gasteiger partial charge is 0.497 e. The lowest BCUT2D eigenvalue weighted by molar-refractivity contribution is -0.140. The van der Waals surface area contributed by atoms with Crippen molar-refractivity contribution >= 4 is 27.5 Å². The summed E-state index contributed by atoms with van der Waals surface area (Å²) in [6, 6.07) is 11.1. The molecular formula is C23H30FN3O5S. The standard InChI is InChI=1S/C23H30FN3O5S/c1-5-21(23(29)25-6-2)26(15-17-8-7-9-20(14-17)32-3)22(28)16-27(33(4,30)31)19-12-10-18(24)11-13-19/h7-14,21H,5-6,15-16H2,1-4H3,(H,25,29)/t21-/m0/s1.